The topological polar surface area (TPSA) is 17.1 Å². The molecule has 62 valence electrons. The maximum atomic E-state index is 10.3. The summed E-state index contributed by atoms with van der Waals surface area (Å²) in [5.41, 5.74) is 2.30. The molecule has 0 aliphatic rings. The molecule has 0 saturated carbocycles. The van der Waals surface area contributed by atoms with E-state index >= 15 is 0 Å². The molecule has 1 heteroatoms. The van der Waals surface area contributed by atoms with Crippen molar-refractivity contribution in [3.05, 3.63) is 48.0 Å². The summed E-state index contributed by atoms with van der Waals surface area (Å²) in [4.78, 5) is 10.3. The van der Waals surface area contributed by atoms with Gasteiger partial charge in [-0.3, -0.25) is 0 Å². The smallest absolute Gasteiger partial charge is 0.124 e. The van der Waals surface area contributed by atoms with Gasteiger partial charge in [0.25, 0.3) is 0 Å². The van der Waals surface area contributed by atoms with Crippen LogP contribution in [0.5, 0.6) is 0 Å². The van der Waals surface area contributed by atoms with Gasteiger partial charge in [0.05, 0.1) is 0 Å². The summed E-state index contributed by atoms with van der Waals surface area (Å²) in [5, 5.41) is 0. The predicted octanol–water partition coefficient (Wildman–Crippen LogP) is 2.16. The van der Waals surface area contributed by atoms with Gasteiger partial charge in [0.15, 0.2) is 0 Å². The van der Waals surface area contributed by atoms with E-state index in [0.717, 1.165) is 18.3 Å². The predicted molar refractivity (Wildman–Crippen MR) is 50.1 cm³/mol. The Kier molecular flexibility index (Phi) is 3.27. The maximum Gasteiger partial charge on any atom is 0.124 e. The van der Waals surface area contributed by atoms with E-state index in [9.17, 15) is 4.79 Å². The SMILES string of the molecule is C=CCc1ccccc1CC=O. The van der Waals surface area contributed by atoms with E-state index < -0.39 is 0 Å². The van der Waals surface area contributed by atoms with E-state index in [4.69, 9.17) is 0 Å². The first kappa shape index (κ1) is 8.72. The van der Waals surface area contributed by atoms with Crippen LogP contribution in [0.2, 0.25) is 0 Å². The molecule has 1 rings (SSSR count). The summed E-state index contributed by atoms with van der Waals surface area (Å²) < 4.78 is 0. The Morgan fingerprint density at radius 1 is 1.17 bits per heavy atom. The van der Waals surface area contributed by atoms with Crippen LogP contribution in [0.4, 0.5) is 0 Å². The number of aldehydes is 1. The van der Waals surface area contributed by atoms with Gasteiger partial charge in [-0.15, -0.1) is 6.58 Å². The molecule has 0 aromatic heterocycles. The minimum atomic E-state index is 0.504. The molecule has 1 aromatic rings. The van der Waals surface area contributed by atoms with E-state index in [1.807, 2.05) is 30.3 Å². The van der Waals surface area contributed by atoms with Crippen LogP contribution in [0.3, 0.4) is 0 Å². The zero-order chi connectivity index (χ0) is 8.81. The lowest BCUT2D eigenvalue weighted by Gasteiger charge is -2.02. The first-order valence-electron chi connectivity index (χ1n) is 3.99. The molecular weight excluding hydrogens is 148 g/mol. The number of carbonyl (C=O) groups excluding carboxylic acids is 1. The summed E-state index contributed by atoms with van der Waals surface area (Å²) in [6, 6.07) is 7.94. The van der Waals surface area contributed by atoms with Crippen molar-refractivity contribution in [1.82, 2.24) is 0 Å². The lowest BCUT2D eigenvalue weighted by molar-refractivity contribution is -0.107. The summed E-state index contributed by atoms with van der Waals surface area (Å²) >= 11 is 0. The fourth-order valence-electron chi connectivity index (χ4n) is 1.20. The van der Waals surface area contributed by atoms with Crippen LogP contribution >= 0.6 is 0 Å². The van der Waals surface area contributed by atoms with Gasteiger partial charge in [0, 0.05) is 6.42 Å². The van der Waals surface area contributed by atoms with Crippen molar-refractivity contribution < 1.29 is 4.79 Å². The molecule has 0 atom stereocenters. The average molecular weight is 160 g/mol. The molecule has 12 heavy (non-hydrogen) atoms. The molecule has 0 spiro atoms. The number of carbonyl (C=O) groups is 1. The monoisotopic (exact) mass is 160 g/mol. The Labute approximate surface area is 72.7 Å². The van der Waals surface area contributed by atoms with Crippen molar-refractivity contribution in [3.63, 3.8) is 0 Å². The lowest BCUT2D eigenvalue weighted by atomic mass is 10.0. The second kappa shape index (κ2) is 4.50. The second-order valence-corrected chi connectivity index (χ2v) is 2.63. The number of allylic oxidation sites excluding steroid dienone is 1. The van der Waals surface area contributed by atoms with Gasteiger partial charge in [0.1, 0.15) is 6.29 Å². The third-order valence-corrected chi connectivity index (χ3v) is 1.79. The first-order valence-corrected chi connectivity index (χ1v) is 3.99. The normalized spacial score (nSPS) is 9.33. The third-order valence-electron chi connectivity index (χ3n) is 1.79. The molecule has 0 amide bonds. The summed E-state index contributed by atoms with van der Waals surface area (Å²) in [7, 11) is 0. The first-order chi connectivity index (χ1) is 5.88. The molecule has 0 aliphatic heterocycles. The van der Waals surface area contributed by atoms with Gasteiger partial charge in [-0.05, 0) is 17.5 Å². The Morgan fingerprint density at radius 2 is 1.75 bits per heavy atom. The third kappa shape index (κ3) is 2.06. The van der Waals surface area contributed by atoms with Gasteiger partial charge >= 0.3 is 0 Å². The molecule has 1 nitrogen and oxygen atoms in total. The van der Waals surface area contributed by atoms with Gasteiger partial charge in [0.2, 0.25) is 0 Å². The fraction of sp³-hybridized carbons (Fsp3) is 0.182. The molecule has 0 unspecified atom stereocenters. The lowest BCUT2D eigenvalue weighted by Crippen LogP contribution is -1.92. The standard InChI is InChI=1S/C11H12O/c1-2-5-10-6-3-4-7-11(10)8-9-12/h2-4,6-7,9H,1,5,8H2. The van der Waals surface area contributed by atoms with Crippen molar-refractivity contribution >= 4 is 6.29 Å². The van der Waals surface area contributed by atoms with E-state index in [1.54, 1.807) is 0 Å². The van der Waals surface area contributed by atoms with Gasteiger partial charge in [-0.1, -0.05) is 30.3 Å². The zero-order valence-electron chi connectivity index (χ0n) is 6.99. The molecule has 0 N–H and O–H groups in total. The van der Waals surface area contributed by atoms with Crippen LogP contribution in [0.1, 0.15) is 11.1 Å². The summed E-state index contributed by atoms with van der Waals surface area (Å²) in [6.45, 7) is 3.67. The van der Waals surface area contributed by atoms with Crippen LogP contribution in [0.15, 0.2) is 36.9 Å². The van der Waals surface area contributed by atoms with E-state index in [-0.39, 0.29) is 0 Å². The van der Waals surface area contributed by atoms with Crippen LogP contribution in [-0.4, -0.2) is 6.29 Å². The maximum absolute atomic E-state index is 10.3. The van der Waals surface area contributed by atoms with Crippen molar-refractivity contribution in [2.24, 2.45) is 0 Å². The van der Waals surface area contributed by atoms with Crippen molar-refractivity contribution in [1.29, 1.82) is 0 Å². The molecule has 0 saturated heterocycles. The highest BCUT2D eigenvalue weighted by molar-refractivity contribution is 5.56. The second-order valence-electron chi connectivity index (χ2n) is 2.63. The highest BCUT2D eigenvalue weighted by Gasteiger charge is 1.97. The van der Waals surface area contributed by atoms with Gasteiger partial charge in [-0.25, -0.2) is 0 Å². The number of rotatable bonds is 4. The van der Waals surface area contributed by atoms with Crippen molar-refractivity contribution in [2.45, 2.75) is 12.8 Å². The van der Waals surface area contributed by atoms with Crippen molar-refractivity contribution in [3.8, 4) is 0 Å². The van der Waals surface area contributed by atoms with Crippen LogP contribution in [0.25, 0.3) is 0 Å². The largest absolute Gasteiger partial charge is 0.303 e. The van der Waals surface area contributed by atoms with Crippen LogP contribution in [0, 0.1) is 0 Å². The Morgan fingerprint density at radius 3 is 2.25 bits per heavy atom. The zero-order valence-corrected chi connectivity index (χ0v) is 6.99. The van der Waals surface area contributed by atoms with E-state index in [1.165, 1.54) is 5.56 Å². The summed E-state index contributed by atoms with van der Waals surface area (Å²) in [5.74, 6) is 0. The number of benzene rings is 1. The molecule has 0 bridgehead atoms. The van der Waals surface area contributed by atoms with Crippen LogP contribution < -0.4 is 0 Å². The van der Waals surface area contributed by atoms with Crippen molar-refractivity contribution in [2.75, 3.05) is 0 Å². The van der Waals surface area contributed by atoms with Gasteiger partial charge < -0.3 is 4.79 Å². The van der Waals surface area contributed by atoms with E-state index in [2.05, 4.69) is 6.58 Å². The molecule has 0 fully saturated rings. The minimum absolute atomic E-state index is 0.504. The average Bonchev–Trinajstić information content (AvgIpc) is 2.09. The molecular formula is C11H12O. The highest BCUT2D eigenvalue weighted by Crippen LogP contribution is 2.09. The number of hydrogen-bond acceptors (Lipinski definition) is 1. The van der Waals surface area contributed by atoms with Gasteiger partial charge in [-0.2, -0.15) is 0 Å². The molecule has 0 heterocycles. The molecule has 0 radical (unpaired) electrons. The Bertz CT molecular complexity index is 247. The van der Waals surface area contributed by atoms with Crippen LogP contribution in [-0.2, 0) is 17.6 Å². The minimum Gasteiger partial charge on any atom is -0.303 e. The Hall–Kier alpha value is -1.37. The highest BCUT2D eigenvalue weighted by atomic mass is 16.1. The Balaban J connectivity index is 2.90. The quantitative estimate of drug-likeness (QED) is 0.487. The fourth-order valence-corrected chi connectivity index (χ4v) is 1.20. The molecule has 0 aliphatic carbocycles. The van der Waals surface area contributed by atoms with E-state index in [0.29, 0.717) is 6.42 Å². The molecule has 1 aromatic carbocycles. The summed E-state index contributed by atoms with van der Waals surface area (Å²) in [6.07, 6.45) is 4.12. The number of hydrogen-bond donors (Lipinski definition) is 0.